The Kier molecular flexibility index (Phi) is 5.44. The lowest BCUT2D eigenvalue weighted by Crippen LogP contribution is -2.75. The van der Waals surface area contributed by atoms with Crippen LogP contribution in [0.15, 0.2) is 23.1 Å². The molecule has 1 saturated carbocycles. The number of benzene rings is 1. The number of carbonyl (C=O) groups excluding carboxylic acids is 1. The molecule has 1 aliphatic carbocycles. The summed E-state index contributed by atoms with van der Waals surface area (Å²) in [5.41, 5.74) is 7.53. The van der Waals surface area contributed by atoms with Crippen LogP contribution in [0.4, 0.5) is 0 Å². The first-order valence-corrected chi connectivity index (χ1v) is 9.31. The Labute approximate surface area is 143 Å². The van der Waals surface area contributed by atoms with Crippen LogP contribution in [0.1, 0.15) is 38.3 Å². The molecule has 0 heterocycles. The Hall–Kier alpha value is -1.04. The smallest absolute Gasteiger partial charge is 0.241 e. The number of hydrogen-bond donors (Lipinski definition) is 2. The van der Waals surface area contributed by atoms with E-state index in [1.807, 2.05) is 27.0 Å². The molecule has 1 aliphatic rings. The van der Waals surface area contributed by atoms with Gasteiger partial charge >= 0.3 is 0 Å². The van der Waals surface area contributed by atoms with Crippen LogP contribution >= 0.6 is 11.8 Å². The summed E-state index contributed by atoms with van der Waals surface area (Å²) in [7, 11) is 0. The molecule has 0 saturated heterocycles. The van der Waals surface area contributed by atoms with Gasteiger partial charge in [-0.25, -0.2) is 0 Å². The van der Waals surface area contributed by atoms with E-state index in [0.717, 1.165) is 5.56 Å². The molecule has 23 heavy (non-hydrogen) atoms. The molecule has 2 rings (SSSR count). The normalized spacial score (nSPS) is 25.7. The number of amides is 1. The van der Waals surface area contributed by atoms with Gasteiger partial charge in [0.2, 0.25) is 5.91 Å². The molecule has 0 spiro atoms. The van der Waals surface area contributed by atoms with Crippen molar-refractivity contribution in [2.75, 3.05) is 12.9 Å². The fourth-order valence-electron chi connectivity index (χ4n) is 3.15. The molecular weight excluding hydrogens is 308 g/mol. The molecule has 2 atom stereocenters. The van der Waals surface area contributed by atoms with E-state index in [1.54, 1.807) is 11.8 Å². The number of nitrogens with one attached hydrogen (secondary N) is 1. The van der Waals surface area contributed by atoms with Crippen molar-refractivity contribution in [1.29, 1.82) is 0 Å². The number of ether oxygens (including phenoxy) is 1. The minimum Gasteiger partial charge on any atom is -0.378 e. The van der Waals surface area contributed by atoms with E-state index in [4.69, 9.17) is 10.5 Å². The highest BCUT2D eigenvalue weighted by atomic mass is 32.2. The first-order valence-electron chi connectivity index (χ1n) is 8.08. The summed E-state index contributed by atoms with van der Waals surface area (Å²) in [6.45, 7) is 9.21. The van der Waals surface area contributed by atoms with Crippen LogP contribution in [-0.2, 0) is 16.1 Å². The van der Waals surface area contributed by atoms with Crippen LogP contribution in [0.5, 0.6) is 0 Å². The summed E-state index contributed by atoms with van der Waals surface area (Å²) in [6.07, 6.45) is 2.67. The SMILES string of the molecule is CCOC1CC(N)(C(=O)NCc2ccc(C)cc2SC)C1(C)C. The number of aryl methyl sites for hydroxylation is 1. The number of nitrogens with two attached hydrogens (primary N) is 1. The Morgan fingerprint density at radius 1 is 1.48 bits per heavy atom. The van der Waals surface area contributed by atoms with E-state index >= 15 is 0 Å². The molecule has 1 amide bonds. The zero-order valence-corrected chi connectivity index (χ0v) is 15.5. The Balaban J connectivity index is 2.03. The quantitative estimate of drug-likeness (QED) is 0.784. The highest BCUT2D eigenvalue weighted by Crippen LogP contribution is 2.49. The lowest BCUT2D eigenvalue weighted by atomic mass is 9.54. The van der Waals surface area contributed by atoms with Crippen LogP contribution in [0, 0.1) is 12.3 Å². The molecule has 3 N–H and O–H groups in total. The summed E-state index contributed by atoms with van der Waals surface area (Å²) in [5, 5.41) is 3.02. The van der Waals surface area contributed by atoms with Gasteiger partial charge in [-0.1, -0.05) is 26.0 Å². The zero-order valence-electron chi connectivity index (χ0n) is 14.7. The summed E-state index contributed by atoms with van der Waals surface area (Å²) >= 11 is 1.69. The van der Waals surface area contributed by atoms with E-state index in [9.17, 15) is 4.79 Å². The minimum atomic E-state index is -0.864. The lowest BCUT2D eigenvalue weighted by molar-refractivity contribution is -0.170. The van der Waals surface area contributed by atoms with Gasteiger partial charge in [-0.3, -0.25) is 4.79 Å². The highest BCUT2D eigenvalue weighted by Gasteiger charge is 2.62. The second-order valence-corrected chi connectivity index (χ2v) is 7.69. The van der Waals surface area contributed by atoms with E-state index in [1.165, 1.54) is 10.5 Å². The number of carbonyl (C=O) groups is 1. The van der Waals surface area contributed by atoms with Crippen LogP contribution in [0.3, 0.4) is 0 Å². The van der Waals surface area contributed by atoms with Crippen molar-refractivity contribution in [3.63, 3.8) is 0 Å². The average molecular weight is 337 g/mol. The molecule has 128 valence electrons. The van der Waals surface area contributed by atoms with Gasteiger partial charge in [-0.15, -0.1) is 11.8 Å². The van der Waals surface area contributed by atoms with Crippen LogP contribution in [0.25, 0.3) is 0 Å². The van der Waals surface area contributed by atoms with E-state index in [0.29, 0.717) is 19.6 Å². The first-order chi connectivity index (χ1) is 10.8. The molecule has 4 nitrogen and oxygen atoms in total. The predicted octanol–water partition coefficient (Wildman–Crippen LogP) is 2.87. The van der Waals surface area contributed by atoms with Crippen molar-refractivity contribution in [2.45, 2.75) is 57.2 Å². The van der Waals surface area contributed by atoms with Crippen molar-refractivity contribution in [2.24, 2.45) is 11.1 Å². The van der Waals surface area contributed by atoms with Crippen molar-refractivity contribution in [3.05, 3.63) is 29.3 Å². The maximum atomic E-state index is 12.7. The molecule has 0 aliphatic heterocycles. The van der Waals surface area contributed by atoms with Gasteiger partial charge in [0, 0.05) is 29.9 Å². The standard InChI is InChI=1S/C18H28N2O2S/c1-6-22-15-10-18(19,17(15,3)4)16(21)20-11-13-8-7-12(2)9-14(13)23-5/h7-9,15H,6,10-11,19H2,1-5H3,(H,20,21). The van der Waals surface area contributed by atoms with E-state index < -0.39 is 5.54 Å². The monoisotopic (exact) mass is 336 g/mol. The maximum Gasteiger partial charge on any atom is 0.241 e. The topological polar surface area (TPSA) is 64.3 Å². The van der Waals surface area contributed by atoms with Crippen molar-refractivity contribution in [3.8, 4) is 0 Å². The van der Waals surface area contributed by atoms with Gasteiger partial charge in [0.15, 0.2) is 0 Å². The fourth-order valence-corrected chi connectivity index (χ4v) is 3.86. The third-order valence-electron chi connectivity index (χ3n) is 5.12. The van der Waals surface area contributed by atoms with Crippen molar-refractivity contribution in [1.82, 2.24) is 5.32 Å². The van der Waals surface area contributed by atoms with Gasteiger partial charge in [0.25, 0.3) is 0 Å². The molecule has 1 aromatic rings. The molecular formula is C18H28N2O2S. The molecule has 1 fully saturated rings. The van der Waals surface area contributed by atoms with E-state index in [-0.39, 0.29) is 17.4 Å². The van der Waals surface area contributed by atoms with Crippen LogP contribution in [0.2, 0.25) is 0 Å². The van der Waals surface area contributed by atoms with Crippen LogP contribution in [-0.4, -0.2) is 30.4 Å². The lowest BCUT2D eigenvalue weighted by Gasteiger charge is -2.57. The molecule has 0 radical (unpaired) electrons. The fraction of sp³-hybridized carbons (Fsp3) is 0.611. The summed E-state index contributed by atoms with van der Waals surface area (Å²) < 4.78 is 5.69. The van der Waals surface area contributed by atoms with Gasteiger partial charge in [0.05, 0.1) is 6.10 Å². The Morgan fingerprint density at radius 3 is 2.74 bits per heavy atom. The van der Waals surface area contributed by atoms with Gasteiger partial charge < -0.3 is 15.8 Å². The molecule has 2 unspecified atom stereocenters. The first kappa shape index (κ1) is 18.3. The number of rotatable bonds is 6. The van der Waals surface area contributed by atoms with Gasteiger partial charge in [0.1, 0.15) is 5.54 Å². The number of thioether (sulfide) groups is 1. The van der Waals surface area contributed by atoms with Crippen molar-refractivity contribution >= 4 is 17.7 Å². The third kappa shape index (κ3) is 3.28. The molecule has 0 aromatic heterocycles. The van der Waals surface area contributed by atoms with Crippen molar-refractivity contribution < 1.29 is 9.53 Å². The Bertz CT molecular complexity index is 588. The largest absolute Gasteiger partial charge is 0.378 e. The minimum absolute atomic E-state index is 0.0457. The second kappa shape index (κ2) is 6.83. The molecule has 5 heteroatoms. The number of hydrogen-bond acceptors (Lipinski definition) is 4. The summed E-state index contributed by atoms with van der Waals surface area (Å²) in [4.78, 5) is 13.8. The molecule has 0 bridgehead atoms. The maximum absolute atomic E-state index is 12.7. The average Bonchev–Trinajstić information content (AvgIpc) is 2.52. The predicted molar refractivity (Wildman–Crippen MR) is 95.5 cm³/mol. The van der Waals surface area contributed by atoms with Crippen LogP contribution < -0.4 is 11.1 Å². The van der Waals surface area contributed by atoms with E-state index in [2.05, 4.69) is 30.4 Å². The summed E-state index contributed by atoms with van der Waals surface area (Å²) in [5.74, 6) is -0.0916. The zero-order chi connectivity index (χ0) is 17.3. The Morgan fingerprint density at radius 2 is 2.17 bits per heavy atom. The van der Waals surface area contributed by atoms with Gasteiger partial charge in [-0.05, 0) is 37.3 Å². The van der Waals surface area contributed by atoms with Gasteiger partial charge in [-0.2, -0.15) is 0 Å². The second-order valence-electron chi connectivity index (χ2n) is 6.84. The third-order valence-corrected chi connectivity index (χ3v) is 5.94. The highest BCUT2D eigenvalue weighted by molar-refractivity contribution is 7.98. The summed E-state index contributed by atoms with van der Waals surface area (Å²) in [6, 6.07) is 6.28. The molecule has 1 aromatic carbocycles.